The number of carbonyl (C=O) groups is 1. The lowest BCUT2D eigenvalue weighted by Gasteiger charge is -2.21. The summed E-state index contributed by atoms with van der Waals surface area (Å²) in [6, 6.07) is 0. The lowest BCUT2D eigenvalue weighted by molar-refractivity contribution is -0.146. The molecule has 1 fully saturated rings. The molecule has 0 saturated carbocycles. The second kappa shape index (κ2) is 14.4. The van der Waals surface area contributed by atoms with E-state index in [4.69, 9.17) is 4.74 Å². The van der Waals surface area contributed by atoms with Gasteiger partial charge in [-0.1, -0.05) is 110 Å². The molecule has 4 heteroatoms. The summed E-state index contributed by atoms with van der Waals surface area (Å²) in [5.74, 6) is -0.691. The summed E-state index contributed by atoms with van der Waals surface area (Å²) in [5, 5.41) is 19.8. The highest BCUT2D eigenvalue weighted by molar-refractivity contribution is 5.78. The lowest BCUT2D eigenvalue weighted by Crippen LogP contribution is -2.42. The van der Waals surface area contributed by atoms with Crippen LogP contribution in [0.1, 0.15) is 116 Å². The Labute approximate surface area is 160 Å². The molecule has 2 atom stereocenters. The van der Waals surface area contributed by atoms with Crippen molar-refractivity contribution in [1.29, 1.82) is 0 Å². The molecular weight excluding hydrogens is 328 g/mol. The minimum absolute atomic E-state index is 0.0637. The summed E-state index contributed by atoms with van der Waals surface area (Å²) in [5.41, 5.74) is -1.35. The van der Waals surface area contributed by atoms with Gasteiger partial charge < -0.3 is 14.9 Å². The fraction of sp³-hybridized carbons (Fsp3) is 0.955. The molecule has 26 heavy (non-hydrogen) atoms. The zero-order chi connectivity index (χ0) is 19.1. The maximum absolute atomic E-state index is 11.1. The van der Waals surface area contributed by atoms with Crippen LogP contribution < -0.4 is 0 Å². The molecule has 0 radical (unpaired) electrons. The normalized spacial score (nSPS) is 22.7. The maximum atomic E-state index is 11.1. The summed E-state index contributed by atoms with van der Waals surface area (Å²) in [6.45, 7) is 2.20. The number of unbranched alkanes of at least 4 members (excludes halogenated alkanes) is 15. The standard InChI is InChI=1S/C22H42O4/c1-2-3-4-5-6-7-8-9-10-11-12-13-14-15-16-17-18-22(25)19-26-21(24)20(22)23/h20,23,25H,2-19H2,1H3. The van der Waals surface area contributed by atoms with Crippen molar-refractivity contribution in [2.45, 2.75) is 128 Å². The molecule has 0 aromatic heterocycles. The highest BCUT2D eigenvalue weighted by Crippen LogP contribution is 2.26. The van der Waals surface area contributed by atoms with Crippen LogP contribution in [0.5, 0.6) is 0 Å². The maximum Gasteiger partial charge on any atom is 0.338 e. The van der Waals surface area contributed by atoms with Gasteiger partial charge in [0.2, 0.25) is 0 Å². The van der Waals surface area contributed by atoms with Crippen LogP contribution in [0.2, 0.25) is 0 Å². The van der Waals surface area contributed by atoms with Gasteiger partial charge in [0.1, 0.15) is 12.2 Å². The van der Waals surface area contributed by atoms with Gasteiger partial charge in [-0.3, -0.25) is 0 Å². The number of cyclic esters (lactones) is 1. The Morgan fingerprint density at radius 2 is 1.19 bits per heavy atom. The van der Waals surface area contributed by atoms with Crippen molar-refractivity contribution in [3.63, 3.8) is 0 Å². The monoisotopic (exact) mass is 370 g/mol. The second-order valence-electron chi connectivity index (χ2n) is 8.17. The first-order valence-corrected chi connectivity index (χ1v) is 11.2. The van der Waals surface area contributed by atoms with E-state index in [0.29, 0.717) is 6.42 Å². The Morgan fingerprint density at radius 1 is 0.808 bits per heavy atom. The van der Waals surface area contributed by atoms with E-state index < -0.39 is 17.7 Å². The predicted molar refractivity (Wildman–Crippen MR) is 106 cm³/mol. The summed E-state index contributed by atoms with van der Waals surface area (Å²) >= 11 is 0. The smallest absolute Gasteiger partial charge is 0.338 e. The molecule has 2 unspecified atom stereocenters. The first-order valence-electron chi connectivity index (χ1n) is 11.2. The average molecular weight is 371 g/mol. The second-order valence-corrected chi connectivity index (χ2v) is 8.17. The van der Waals surface area contributed by atoms with E-state index >= 15 is 0 Å². The Morgan fingerprint density at radius 3 is 1.54 bits per heavy atom. The Balaban J connectivity index is 1.78. The zero-order valence-corrected chi connectivity index (χ0v) is 17.0. The van der Waals surface area contributed by atoms with Crippen LogP contribution in [0.4, 0.5) is 0 Å². The van der Waals surface area contributed by atoms with Gasteiger partial charge in [-0.15, -0.1) is 0 Å². The first-order chi connectivity index (χ1) is 12.6. The van der Waals surface area contributed by atoms with Gasteiger partial charge >= 0.3 is 5.97 Å². The quantitative estimate of drug-likeness (QED) is 0.270. The number of hydrogen-bond acceptors (Lipinski definition) is 4. The lowest BCUT2D eigenvalue weighted by atomic mass is 9.92. The van der Waals surface area contributed by atoms with Crippen LogP contribution >= 0.6 is 0 Å². The van der Waals surface area contributed by atoms with E-state index in [0.717, 1.165) is 12.8 Å². The molecule has 2 N–H and O–H groups in total. The van der Waals surface area contributed by atoms with Crippen molar-refractivity contribution in [2.75, 3.05) is 6.61 Å². The number of carbonyl (C=O) groups excluding carboxylic acids is 1. The molecule has 0 spiro atoms. The number of rotatable bonds is 17. The fourth-order valence-electron chi connectivity index (χ4n) is 3.76. The van der Waals surface area contributed by atoms with E-state index in [1.165, 1.54) is 89.9 Å². The van der Waals surface area contributed by atoms with E-state index in [1.54, 1.807) is 0 Å². The minimum atomic E-state index is -1.36. The van der Waals surface area contributed by atoms with Crippen molar-refractivity contribution >= 4 is 5.97 Å². The van der Waals surface area contributed by atoms with Crippen molar-refractivity contribution in [3.05, 3.63) is 0 Å². The average Bonchev–Trinajstić information content (AvgIpc) is 2.89. The van der Waals surface area contributed by atoms with Crippen LogP contribution in [-0.2, 0) is 9.53 Å². The third-order valence-electron chi connectivity index (χ3n) is 5.66. The largest absolute Gasteiger partial charge is 0.460 e. The van der Waals surface area contributed by atoms with E-state index in [-0.39, 0.29) is 6.61 Å². The van der Waals surface area contributed by atoms with E-state index in [1.807, 2.05) is 0 Å². The van der Waals surface area contributed by atoms with E-state index in [9.17, 15) is 15.0 Å². The van der Waals surface area contributed by atoms with Gasteiger partial charge in [0.15, 0.2) is 6.10 Å². The SMILES string of the molecule is CCCCCCCCCCCCCCCCCCC1(O)COC(=O)C1O. The molecule has 4 nitrogen and oxygen atoms in total. The molecule has 154 valence electrons. The van der Waals surface area contributed by atoms with Crippen LogP contribution in [0.15, 0.2) is 0 Å². The molecule has 0 aromatic carbocycles. The molecule has 1 saturated heterocycles. The summed E-state index contributed by atoms with van der Waals surface area (Å²) < 4.78 is 4.72. The zero-order valence-electron chi connectivity index (χ0n) is 17.0. The molecule has 1 aliphatic rings. The summed E-state index contributed by atoms with van der Waals surface area (Å²) in [4.78, 5) is 11.1. The van der Waals surface area contributed by atoms with Crippen molar-refractivity contribution in [1.82, 2.24) is 0 Å². The highest BCUT2D eigenvalue weighted by Gasteiger charge is 2.47. The van der Waals surface area contributed by atoms with Crippen molar-refractivity contribution in [3.8, 4) is 0 Å². The van der Waals surface area contributed by atoms with Crippen molar-refractivity contribution in [2.24, 2.45) is 0 Å². The van der Waals surface area contributed by atoms with Gasteiger partial charge in [-0.05, 0) is 6.42 Å². The first kappa shape index (κ1) is 23.4. The molecule has 1 aliphatic heterocycles. The Bertz CT molecular complexity index is 358. The Hall–Kier alpha value is -0.610. The number of aliphatic hydroxyl groups is 2. The molecule has 0 aromatic rings. The minimum Gasteiger partial charge on any atom is -0.460 e. The van der Waals surface area contributed by atoms with Gasteiger partial charge in [0, 0.05) is 0 Å². The third kappa shape index (κ3) is 9.91. The van der Waals surface area contributed by atoms with E-state index in [2.05, 4.69) is 6.92 Å². The topological polar surface area (TPSA) is 66.8 Å². The molecule has 0 amide bonds. The molecule has 1 heterocycles. The molecule has 1 rings (SSSR count). The Kier molecular flexibility index (Phi) is 13.0. The molecule has 0 bridgehead atoms. The fourth-order valence-corrected chi connectivity index (χ4v) is 3.76. The predicted octanol–water partition coefficient (Wildman–Crippen LogP) is 5.29. The molecule has 0 aliphatic carbocycles. The van der Waals surface area contributed by atoms with Crippen LogP contribution in [0, 0.1) is 0 Å². The summed E-state index contributed by atoms with van der Waals surface area (Å²) in [6.07, 6.45) is 20.0. The van der Waals surface area contributed by atoms with Gasteiger partial charge in [0.05, 0.1) is 0 Å². The van der Waals surface area contributed by atoms with Crippen LogP contribution in [0.25, 0.3) is 0 Å². The van der Waals surface area contributed by atoms with Crippen LogP contribution in [0.3, 0.4) is 0 Å². The highest BCUT2D eigenvalue weighted by atomic mass is 16.6. The summed E-state index contributed by atoms with van der Waals surface area (Å²) in [7, 11) is 0. The van der Waals surface area contributed by atoms with Gasteiger partial charge in [-0.25, -0.2) is 4.79 Å². The van der Waals surface area contributed by atoms with Crippen molar-refractivity contribution < 1.29 is 19.7 Å². The van der Waals surface area contributed by atoms with Gasteiger partial charge in [0.25, 0.3) is 0 Å². The molecular formula is C22H42O4. The number of ether oxygens (including phenoxy) is 1. The number of esters is 1. The van der Waals surface area contributed by atoms with Crippen LogP contribution in [-0.4, -0.2) is 34.5 Å². The third-order valence-corrected chi connectivity index (χ3v) is 5.66. The van der Waals surface area contributed by atoms with Gasteiger partial charge in [-0.2, -0.15) is 0 Å². The number of aliphatic hydroxyl groups excluding tert-OH is 1. The number of hydrogen-bond donors (Lipinski definition) is 2.